The molecule has 30 heavy (non-hydrogen) atoms. The molecule has 162 valence electrons. The fourth-order valence-corrected chi connectivity index (χ4v) is 4.01. The quantitative estimate of drug-likeness (QED) is 0.785. The molecule has 2 aliphatic rings. The number of quaternary nitrogens is 1. The molecule has 2 atom stereocenters. The second-order valence-electron chi connectivity index (χ2n) is 7.88. The van der Waals surface area contributed by atoms with E-state index < -0.39 is 18.3 Å². The zero-order valence-corrected chi connectivity index (χ0v) is 16.9. The van der Waals surface area contributed by atoms with Gasteiger partial charge in [0, 0.05) is 12.5 Å². The molecule has 0 bridgehead atoms. The van der Waals surface area contributed by atoms with Crippen LogP contribution in [0.15, 0.2) is 30.3 Å². The van der Waals surface area contributed by atoms with E-state index in [1.165, 1.54) is 18.1 Å². The van der Waals surface area contributed by atoms with Crippen LogP contribution in [-0.4, -0.2) is 67.1 Å². The van der Waals surface area contributed by atoms with Crippen LogP contribution in [0, 0.1) is 0 Å². The molecule has 2 aliphatic heterocycles. The Labute approximate surface area is 172 Å². The van der Waals surface area contributed by atoms with Crippen LogP contribution in [-0.2, 0) is 0 Å². The molecule has 1 amide bonds. The molecule has 0 unspecified atom stereocenters. The molecule has 10 heteroatoms. The van der Waals surface area contributed by atoms with Crippen molar-refractivity contribution in [2.45, 2.75) is 24.7 Å². The number of nitrogens with zero attached hydrogens (tertiary/aromatic N) is 3. The first-order valence-corrected chi connectivity index (χ1v) is 9.93. The molecule has 4 rings (SSSR count). The van der Waals surface area contributed by atoms with Gasteiger partial charge in [0.1, 0.15) is 11.6 Å². The lowest BCUT2D eigenvalue weighted by Gasteiger charge is -2.33. The van der Waals surface area contributed by atoms with E-state index in [-0.39, 0.29) is 23.8 Å². The number of piperazine rings is 1. The first-order chi connectivity index (χ1) is 14.3. The van der Waals surface area contributed by atoms with Crippen LogP contribution >= 0.6 is 0 Å². The zero-order valence-electron chi connectivity index (χ0n) is 16.9. The zero-order chi connectivity index (χ0) is 21.5. The summed E-state index contributed by atoms with van der Waals surface area (Å²) in [5.74, 6) is 0.439. The Morgan fingerprint density at radius 1 is 1.27 bits per heavy atom. The van der Waals surface area contributed by atoms with Crippen molar-refractivity contribution in [1.82, 2.24) is 14.7 Å². The Kier molecular flexibility index (Phi) is 5.35. The second-order valence-corrected chi connectivity index (χ2v) is 7.88. The number of hydrogen-bond donors (Lipinski definition) is 2. The van der Waals surface area contributed by atoms with E-state index in [2.05, 4.69) is 10.4 Å². The number of amides is 1. The van der Waals surface area contributed by atoms with Gasteiger partial charge in [0.2, 0.25) is 0 Å². The first kappa shape index (κ1) is 20.5. The molecule has 1 fully saturated rings. The predicted molar refractivity (Wildman–Crippen MR) is 104 cm³/mol. The monoisotopic (exact) mass is 424 g/mol. The molecule has 0 spiro atoms. The average Bonchev–Trinajstić information content (AvgIpc) is 3.16. The van der Waals surface area contributed by atoms with E-state index in [1.54, 1.807) is 29.2 Å². The van der Waals surface area contributed by atoms with Crippen LogP contribution in [0.4, 0.5) is 19.0 Å². The number of ether oxygens (including phenoxy) is 1. The Morgan fingerprint density at radius 3 is 2.67 bits per heavy atom. The fourth-order valence-electron chi connectivity index (χ4n) is 4.01. The van der Waals surface area contributed by atoms with Crippen LogP contribution in [0.2, 0.25) is 0 Å². The third-order valence-electron chi connectivity index (χ3n) is 5.81. The van der Waals surface area contributed by atoms with Crippen LogP contribution < -0.4 is 15.0 Å². The summed E-state index contributed by atoms with van der Waals surface area (Å²) in [4.78, 5) is 15.8. The Morgan fingerprint density at radius 2 is 2.00 bits per heavy atom. The van der Waals surface area contributed by atoms with Gasteiger partial charge >= 0.3 is 6.18 Å². The Bertz CT molecular complexity index is 921. The van der Waals surface area contributed by atoms with E-state index in [1.807, 2.05) is 7.05 Å². The summed E-state index contributed by atoms with van der Waals surface area (Å²) in [7, 11) is 3.56. The van der Waals surface area contributed by atoms with Crippen molar-refractivity contribution in [3.05, 3.63) is 41.6 Å². The highest BCUT2D eigenvalue weighted by atomic mass is 19.4. The SMILES string of the molecule is COc1cccc([C@@H]2C[C@@H](C(F)(F)F)n3nc(C(=O)N4CC[NH+](C)CC4)cc3N2)c1. The predicted octanol–water partition coefficient (Wildman–Crippen LogP) is 1.52. The number of alkyl halides is 3. The third-order valence-corrected chi connectivity index (χ3v) is 5.81. The minimum absolute atomic E-state index is 0.0394. The number of carbonyl (C=O) groups excluding carboxylic acids is 1. The number of fused-ring (bicyclic) bond motifs is 1. The lowest BCUT2D eigenvalue weighted by atomic mass is 9.97. The minimum atomic E-state index is -4.49. The molecule has 7 nitrogen and oxygen atoms in total. The molecule has 1 saturated heterocycles. The van der Waals surface area contributed by atoms with Crippen LogP contribution in [0.3, 0.4) is 0 Å². The Balaban J connectivity index is 1.64. The molecule has 0 radical (unpaired) electrons. The number of aromatic nitrogens is 2. The van der Waals surface area contributed by atoms with Crippen LogP contribution in [0.5, 0.6) is 5.75 Å². The summed E-state index contributed by atoms with van der Waals surface area (Å²) in [5.41, 5.74) is 0.726. The molecular formula is C20H25F3N5O2+. The fraction of sp³-hybridized carbons (Fsp3) is 0.500. The molecule has 1 aromatic carbocycles. The van der Waals surface area contributed by atoms with Gasteiger partial charge in [-0.1, -0.05) is 12.1 Å². The first-order valence-electron chi connectivity index (χ1n) is 9.93. The molecule has 1 aromatic heterocycles. The lowest BCUT2D eigenvalue weighted by molar-refractivity contribution is -0.883. The van der Waals surface area contributed by atoms with Gasteiger partial charge in [-0.05, 0) is 17.7 Å². The van der Waals surface area contributed by atoms with Crippen molar-refractivity contribution in [1.29, 1.82) is 0 Å². The summed E-state index contributed by atoms with van der Waals surface area (Å²) in [6.07, 6.45) is -4.71. The van der Waals surface area contributed by atoms with Crippen molar-refractivity contribution in [2.24, 2.45) is 0 Å². The standard InChI is InChI=1S/C20H24F3N5O2/c1-26-6-8-27(9-7-26)19(29)16-12-18-24-15(13-4-3-5-14(10-13)30-2)11-17(20(21,22)23)28(18)25-16/h3-5,10,12,15,17,24H,6-9,11H2,1-2H3/p+1/t15-,17-/m0/s1. The highest BCUT2D eigenvalue weighted by molar-refractivity contribution is 5.93. The van der Waals surface area contributed by atoms with E-state index in [0.29, 0.717) is 24.4 Å². The van der Waals surface area contributed by atoms with E-state index in [0.717, 1.165) is 17.8 Å². The number of halogens is 3. The smallest absolute Gasteiger partial charge is 0.410 e. The largest absolute Gasteiger partial charge is 0.497 e. The molecule has 2 aromatic rings. The summed E-state index contributed by atoms with van der Waals surface area (Å²) in [5, 5.41) is 7.19. The van der Waals surface area contributed by atoms with Crippen molar-refractivity contribution < 1.29 is 27.6 Å². The Hall–Kier alpha value is -2.75. The maximum Gasteiger partial charge on any atom is 0.410 e. The normalized spacial score (nSPS) is 22.4. The van der Waals surface area contributed by atoms with Gasteiger partial charge in [-0.15, -0.1) is 0 Å². The van der Waals surface area contributed by atoms with Crippen LogP contribution in [0.25, 0.3) is 0 Å². The summed E-state index contributed by atoms with van der Waals surface area (Å²) < 4.78 is 47.7. The lowest BCUT2D eigenvalue weighted by Crippen LogP contribution is -3.12. The number of carbonyl (C=O) groups is 1. The number of nitrogens with one attached hydrogen (secondary N) is 2. The van der Waals surface area contributed by atoms with Gasteiger partial charge in [-0.2, -0.15) is 18.3 Å². The van der Waals surface area contributed by atoms with Crippen molar-refractivity contribution in [3.8, 4) is 5.75 Å². The second kappa shape index (κ2) is 7.82. The summed E-state index contributed by atoms with van der Waals surface area (Å²) in [6, 6.07) is 6.00. The van der Waals surface area contributed by atoms with Gasteiger partial charge in [0.15, 0.2) is 11.7 Å². The van der Waals surface area contributed by atoms with Gasteiger partial charge in [-0.25, -0.2) is 4.68 Å². The van der Waals surface area contributed by atoms with Crippen molar-refractivity contribution in [3.63, 3.8) is 0 Å². The number of rotatable bonds is 3. The number of anilines is 1. The maximum absolute atomic E-state index is 13.9. The number of likely N-dealkylation sites (N-methyl/N-ethyl adjacent to an activating group) is 1. The topological polar surface area (TPSA) is 63.8 Å². The number of methoxy groups -OCH3 is 1. The van der Waals surface area contributed by atoms with Gasteiger partial charge in [0.05, 0.1) is 46.4 Å². The van der Waals surface area contributed by atoms with Gasteiger partial charge in [-0.3, -0.25) is 4.79 Å². The van der Waals surface area contributed by atoms with Gasteiger partial charge in [0.25, 0.3) is 5.91 Å². The average molecular weight is 424 g/mol. The van der Waals surface area contributed by atoms with E-state index in [4.69, 9.17) is 4.74 Å². The summed E-state index contributed by atoms with van der Waals surface area (Å²) in [6.45, 7) is 2.74. The van der Waals surface area contributed by atoms with Gasteiger partial charge < -0.3 is 19.9 Å². The highest BCUT2D eigenvalue weighted by Crippen LogP contribution is 2.44. The molecule has 3 heterocycles. The maximum atomic E-state index is 13.9. The molecular weight excluding hydrogens is 399 g/mol. The minimum Gasteiger partial charge on any atom is -0.497 e. The molecule has 0 saturated carbocycles. The highest BCUT2D eigenvalue weighted by Gasteiger charge is 2.47. The number of hydrogen-bond acceptors (Lipinski definition) is 4. The molecule has 2 N–H and O–H groups in total. The third kappa shape index (κ3) is 3.96. The van der Waals surface area contributed by atoms with Crippen molar-refractivity contribution in [2.75, 3.05) is 45.7 Å². The van der Waals surface area contributed by atoms with E-state index >= 15 is 0 Å². The summed E-state index contributed by atoms with van der Waals surface area (Å²) >= 11 is 0. The van der Waals surface area contributed by atoms with Crippen molar-refractivity contribution >= 4 is 11.7 Å². The number of benzene rings is 1. The van der Waals surface area contributed by atoms with E-state index in [9.17, 15) is 18.0 Å². The molecule has 0 aliphatic carbocycles. The van der Waals surface area contributed by atoms with Crippen LogP contribution in [0.1, 0.15) is 34.6 Å².